The predicted octanol–water partition coefficient (Wildman–Crippen LogP) is 0.676. The quantitative estimate of drug-likeness (QED) is 0.643. The summed E-state index contributed by atoms with van der Waals surface area (Å²) in [5.74, 6) is -2.34. The third-order valence-electron chi connectivity index (χ3n) is 4.45. The number of halogens is 2. The number of nitrogens with zero attached hydrogens (tertiary/aromatic N) is 1. The molecule has 1 fully saturated rings. The summed E-state index contributed by atoms with van der Waals surface area (Å²) in [6, 6.07) is 3.07. The smallest absolute Gasteiger partial charge is 0.497 e. The summed E-state index contributed by atoms with van der Waals surface area (Å²) < 4.78 is 10.2. The maximum Gasteiger partial charge on any atom is 0.619 e. The fraction of sp³-hybridized carbons (Fsp3) is 0.412. The van der Waals surface area contributed by atoms with Crippen LogP contribution in [0, 0.1) is 0 Å². The Balaban J connectivity index is 1.87. The zero-order chi connectivity index (χ0) is 21.7. The molecule has 0 unspecified atom stereocenters. The van der Waals surface area contributed by atoms with Crippen LogP contribution in [0.3, 0.4) is 0 Å². The maximum atomic E-state index is 12.1. The minimum atomic E-state index is -1.27. The molecule has 0 aromatic heterocycles. The molecule has 2 atom stereocenters. The summed E-state index contributed by atoms with van der Waals surface area (Å²) in [6.45, 7) is 2.83. The molecule has 1 aromatic carbocycles. The second-order valence-electron chi connectivity index (χ2n) is 6.43. The summed E-state index contributed by atoms with van der Waals surface area (Å²) in [4.78, 5) is 49.8. The second kappa shape index (κ2) is 9.95. The van der Waals surface area contributed by atoms with E-state index in [1.54, 1.807) is 20.9 Å². The largest absolute Gasteiger partial charge is 0.619 e. The van der Waals surface area contributed by atoms with Gasteiger partial charge in [-0.05, 0) is 39.1 Å². The van der Waals surface area contributed by atoms with Crippen molar-refractivity contribution in [2.75, 3.05) is 20.0 Å². The molecule has 0 aliphatic carbocycles. The summed E-state index contributed by atoms with van der Waals surface area (Å²) in [5, 5.41) is 5.35. The van der Waals surface area contributed by atoms with Gasteiger partial charge >= 0.3 is 19.1 Å². The van der Waals surface area contributed by atoms with Crippen molar-refractivity contribution in [1.29, 1.82) is 0 Å². The lowest BCUT2D eigenvalue weighted by Gasteiger charge is -2.32. The molecule has 1 aliphatic rings. The van der Waals surface area contributed by atoms with Crippen molar-refractivity contribution in [3.63, 3.8) is 0 Å². The number of carbonyl (C=O) groups is 4. The van der Waals surface area contributed by atoms with E-state index in [0.717, 1.165) is 0 Å². The van der Waals surface area contributed by atoms with Crippen molar-refractivity contribution in [2.24, 2.45) is 0 Å². The van der Waals surface area contributed by atoms with Crippen LogP contribution in [-0.4, -0.2) is 67.9 Å². The Morgan fingerprint density at radius 3 is 2.28 bits per heavy atom. The lowest BCUT2D eigenvalue weighted by atomic mass is 9.89. The SMILES string of the molecule is C[C@@H]1C(=O)OB(CNC(=O)CNC(=O)c2cc(Cl)ccc2Cl)OC(=O)[C@H](C)N1C. The van der Waals surface area contributed by atoms with Crippen LogP contribution in [0.25, 0.3) is 0 Å². The van der Waals surface area contributed by atoms with Gasteiger partial charge < -0.3 is 19.9 Å². The predicted molar refractivity (Wildman–Crippen MR) is 106 cm³/mol. The molecule has 2 amide bonds. The Kier molecular flexibility index (Phi) is 7.89. The highest BCUT2D eigenvalue weighted by Gasteiger charge is 2.38. The zero-order valence-corrected chi connectivity index (χ0v) is 17.5. The van der Waals surface area contributed by atoms with E-state index in [0.29, 0.717) is 5.02 Å². The van der Waals surface area contributed by atoms with Crippen molar-refractivity contribution >= 4 is 54.1 Å². The van der Waals surface area contributed by atoms with Crippen LogP contribution in [0.1, 0.15) is 24.2 Å². The molecule has 0 spiro atoms. The molecule has 12 heteroatoms. The standard InChI is InChI=1S/C17H20BCl2N3O6/c1-9-16(26)28-18(29-17(27)10(2)23(9)3)8-22-14(24)7-21-15(25)12-6-11(19)4-5-13(12)20/h4-6,9-10H,7-8H2,1-3H3,(H,21,25)(H,22,24)/t9-,10+. The number of likely N-dealkylation sites (N-methyl/N-ethyl adjacent to an activating group) is 1. The number of benzene rings is 1. The van der Waals surface area contributed by atoms with E-state index in [-0.39, 0.29) is 23.6 Å². The molecular formula is C17H20BCl2N3O6. The van der Waals surface area contributed by atoms with Crippen LogP contribution < -0.4 is 10.6 Å². The van der Waals surface area contributed by atoms with Gasteiger partial charge in [0, 0.05) is 5.02 Å². The van der Waals surface area contributed by atoms with Gasteiger partial charge in [-0.2, -0.15) is 0 Å². The first kappa shape index (κ1) is 23.0. The summed E-state index contributed by atoms with van der Waals surface area (Å²) in [5.41, 5.74) is 0.127. The Hall–Kier alpha value is -2.30. The molecule has 1 aliphatic heterocycles. The van der Waals surface area contributed by atoms with Crippen LogP contribution in [-0.2, 0) is 23.7 Å². The van der Waals surface area contributed by atoms with Gasteiger partial charge in [-0.1, -0.05) is 23.2 Å². The van der Waals surface area contributed by atoms with E-state index in [1.165, 1.54) is 23.1 Å². The van der Waals surface area contributed by atoms with Crippen LogP contribution in [0.2, 0.25) is 10.0 Å². The number of hydrogen-bond acceptors (Lipinski definition) is 7. The molecule has 0 radical (unpaired) electrons. The van der Waals surface area contributed by atoms with Gasteiger partial charge in [0.25, 0.3) is 5.91 Å². The zero-order valence-electron chi connectivity index (χ0n) is 16.0. The molecule has 156 valence electrons. The average Bonchev–Trinajstić information content (AvgIpc) is 2.69. The Labute approximate surface area is 178 Å². The fourth-order valence-electron chi connectivity index (χ4n) is 2.42. The monoisotopic (exact) mass is 443 g/mol. The van der Waals surface area contributed by atoms with Gasteiger partial charge in [0.05, 0.1) is 23.6 Å². The summed E-state index contributed by atoms with van der Waals surface area (Å²) >= 11 is 11.8. The molecular weight excluding hydrogens is 424 g/mol. The number of amides is 2. The highest BCUT2D eigenvalue weighted by Crippen LogP contribution is 2.20. The number of nitrogens with one attached hydrogen (secondary N) is 2. The Morgan fingerprint density at radius 1 is 1.10 bits per heavy atom. The molecule has 0 saturated carbocycles. The molecule has 2 N–H and O–H groups in total. The molecule has 9 nitrogen and oxygen atoms in total. The number of carbonyl (C=O) groups excluding carboxylic acids is 4. The van der Waals surface area contributed by atoms with Crippen molar-refractivity contribution in [3.8, 4) is 0 Å². The number of hydrogen-bond donors (Lipinski definition) is 2. The lowest BCUT2D eigenvalue weighted by Crippen LogP contribution is -2.54. The second-order valence-corrected chi connectivity index (χ2v) is 7.28. The van der Waals surface area contributed by atoms with Gasteiger partial charge in [-0.25, -0.2) is 0 Å². The van der Waals surface area contributed by atoms with Gasteiger partial charge in [0.2, 0.25) is 5.91 Å². The highest BCUT2D eigenvalue weighted by molar-refractivity contribution is 6.49. The summed E-state index contributed by atoms with van der Waals surface area (Å²) in [6.07, 6.45) is -0.257. The normalized spacial score (nSPS) is 20.2. The van der Waals surface area contributed by atoms with Crippen LogP contribution >= 0.6 is 23.2 Å². The van der Waals surface area contributed by atoms with Gasteiger partial charge in [0.15, 0.2) is 0 Å². The molecule has 2 rings (SSSR count). The van der Waals surface area contributed by atoms with Crippen molar-refractivity contribution < 1.29 is 28.5 Å². The third-order valence-corrected chi connectivity index (χ3v) is 5.01. The Morgan fingerprint density at radius 2 is 1.69 bits per heavy atom. The highest BCUT2D eigenvalue weighted by atomic mass is 35.5. The maximum absolute atomic E-state index is 12.1. The minimum Gasteiger partial charge on any atom is -0.497 e. The van der Waals surface area contributed by atoms with E-state index < -0.39 is 43.0 Å². The lowest BCUT2D eigenvalue weighted by molar-refractivity contribution is -0.153. The first-order valence-corrected chi connectivity index (χ1v) is 9.48. The number of rotatable bonds is 5. The molecule has 29 heavy (non-hydrogen) atoms. The van der Waals surface area contributed by atoms with E-state index in [9.17, 15) is 19.2 Å². The third kappa shape index (κ3) is 6.09. The molecule has 1 aromatic rings. The first-order chi connectivity index (χ1) is 13.6. The van der Waals surface area contributed by atoms with Crippen LogP contribution in [0.5, 0.6) is 0 Å². The minimum absolute atomic E-state index is 0.127. The van der Waals surface area contributed by atoms with E-state index in [4.69, 9.17) is 32.5 Å². The van der Waals surface area contributed by atoms with Gasteiger partial charge in [-0.3, -0.25) is 24.1 Å². The van der Waals surface area contributed by atoms with Crippen LogP contribution in [0.15, 0.2) is 18.2 Å². The van der Waals surface area contributed by atoms with Gasteiger partial charge in [-0.15, -0.1) is 0 Å². The molecule has 1 saturated heterocycles. The molecule has 0 bridgehead atoms. The first-order valence-electron chi connectivity index (χ1n) is 8.73. The Bertz CT molecular complexity index is 800. The van der Waals surface area contributed by atoms with Crippen molar-refractivity contribution in [2.45, 2.75) is 25.9 Å². The van der Waals surface area contributed by atoms with Crippen LogP contribution in [0.4, 0.5) is 0 Å². The average molecular weight is 444 g/mol. The van der Waals surface area contributed by atoms with Crippen molar-refractivity contribution in [3.05, 3.63) is 33.8 Å². The summed E-state index contributed by atoms with van der Waals surface area (Å²) in [7, 11) is 0.338. The topological polar surface area (TPSA) is 114 Å². The fourth-order valence-corrected chi connectivity index (χ4v) is 2.79. The molecule has 1 heterocycles. The van der Waals surface area contributed by atoms with E-state index in [1.807, 2.05) is 0 Å². The van der Waals surface area contributed by atoms with Gasteiger partial charge in [0.1, 0.15) is 12.1 Å². The van der Waals surface area contributed by atoms with Crippen molar-refractivity contribution in [1.82, 2.24) is 15.5 Å². The van der Waals surface area contributed by atoms with E-state index >= 15 is 0 Å². The van der Waals surface area contributed by atoms with E-state index in [2.05, 4.69) is 10.6 Å².